The van der Waals surface area contributed by atoms with Crippen LogP contribution in [0.2, 0.25) is 0 Å². The predicted molar refractivity (Wildman–Crippen MR) is 124 cm³/mol. The van der Waals surface area contributed by atoms with E-state index in [-0.39, 0.29) is 24.5 Å². The number of carbonyl (C=O) groups excluding carboxylic acids is 2. The highest BCUT2D eigenvalue weighted by Gasteiger charge is 2.35. The summed E-state index contributed by atoms with van der Waals surface area (Å²) in [6.07, 6.45) is 3.09. The quantitative estimate of drug-likeness (QED) is 0.623. The molecule has 0 bridgehead atoms. The highest BCUT2D eigenvalue weighted by atomic mass is 32.1. The molecule has 0 saturated heterocycles. The van der Waals surface area contributed by atoms with Gasteiger partial charge < -0.3 is 24.6 Å². The first kappa shape index (κ1) is 22.5. The maximum Gasteiger partial charge on any atom is 0.317 e. The summed E-state index contributed by atoms with van der Waals surface area (Å²) in [4.78, 5) is 30.8. The largest absolute Gasteiger partial charge is 0.497 e. The molecule has 1 fully saturated rings. The molecular formula is C24H31N3O4S. The van der Waals surface area contributed by atoms with Gasteiger partial charge in [0.15, 0.2) is 0 Å². The Bertz CT molecular complexity index is 943. The van der Waals surface area contributed by atoms with Gasteiger partial charge in [-0.05, 0) is 61.2 Å². The minimum Gasteiger partial charge on any atom is -0.497 e. The van der Waals surface area contributed by atoms with Crippen LogP contribution in [-0.2, 0) is 11.2 Å². The summed E-state index contributed by atoms with van der Waals surface area (Å²) >= 11 is 1.72. The lowest BCUT2D eigenvalue weighted by Crippen LogP contribution is -2.50. The molecule has 1 aromatic carbocycles. The molecular weight excluding hydrogens is 426 g/mol. The number of fused-ring (bicyclic) bond motifs is 1. The zero-order chi connectivity index (χ0) is 22.5. The van der Waals surface area contributed by atoms with Crippen LogP contribution in [0.5, 0.6) is 11.5 Å². The summed E-state index contributed by atoms with van der Waals surface area (Å²) in [6.45, 7) is 4.16. The fourth-order valence-corrected chi connectivity index (χ4v) is 5.02. The molecule has 0 radical (unpaired) electrons. The maximum absolute atomic E-state index is 13.4. The number of hydrogen-bond donors (Lipinski definition) is 1. The second-order valence-corrected chi connectivity index (χ2v) is 9.30. The summed E-state index contributed by atoms with van der Waals surface area (Å²) in [6, 6.07) is 9.23. The Morgan fingerprint density at radius 2 is 2.06 bits per heavy atom. The van der Waals surface area contributed by atoms with E-state index in [1.807, 2.05) is 36.1 Å². The van der Waals surface area contributed by atoms with Crippen molar-refractivity contribution in [3.05, 3.63) is 46.2 Å². The summed E-state index contributed by atoms with van der Waals surface area (Å²) in [5.74, 6) is 1.92. The Kier molecular flexibility index (Phi) is 7.19. The van der Waals surface area contributed by atoms with Gasteiger partial charge in [-0.25, -0.2) is 4.79 Å². The summed E-state index contributed by atoms with van der Waals surface area (Å²) in [5.41, 5.74) is 1.14. The molecule has 4 rings (SSSR count). The smallest absolute Gasteiger partial charge is 0.317 e. The van der Waals surface area contributed by atoms with Crippen LogP contribution < -0.4 is 14.8 Å². The van der Waals surface area contributed by atoms with Crippen LogP contribution >= 0.6 is 11.3 Å². The van der Waals surface area contributed by atoms with Crippen molar-refractivity contribution in [2.45, 2.75) is 32.2 Å². The van der Waals surface area contributed by atoms with Gasteiger partial charge in [-0.3, -0.25) is 4.79 Å². The number of thiophene rings is 1. The lowest BCUT2D eigenvalue weighted by Gasteiger charge is -2.37. The number of hydrogen-bond acceptors (Lipinski definition) is 5. The number of methoxy groups -OCH3 is 1. The van der Waals surface area contributed by atoms with E-state index in [9.17, 15) is 9.59 Å². The van der Waals surface area contributed by atoms with E-state index in [1.165, 1.54) is 4.88 Å². The van der Waals surface area contributed by atoms with Crippen molar-refractivity contribution < 1.29 is 19.1 Å². The van der Waals surface area contributed by atoms with Gasteiger partial charge >= 0.3 is 6.03 Å². The summed E-state index contributed by atoms with van der Waals surface area (Å²) in [5, 5.41) is 4.92. The van der Waals surface area contributed by atoms with Crippen molar-refractivity contribution in [2.75, 3.05) is 39.9 Å². The highest BCUT2D eigenvalue weighted by Crippen LogP contribution is 2.35. The summed E-state index contributed by atoms with van der Waals surface area (Å²) in [7, 11) is 1.63. The van der Waals surface area contributed by atoms with Gasteiger partial charge in [0.25, 0.3) is 0 Å². The lowest BCUT2D eigenvalue weighted by molar-refractivity contribution is -0.135. The highest BCUT2D eigenvalue weighted by molar-refractivity contribution is 7.10. The molecule has 1 aromatic heterocycles. The molecule has 7 nitrogen and oxygen atoms in total. The molecule has 1 unspecified atom stereocenters. The minimum atomic E-state index is -0.180. The number of nitrogens with one attached hydrogen (secondary N) is 1. The maximum atomic E-state index is 13.4. The summed E-state index contributed by atoms with van der Waals surface area (Å²) < 4.78 is 11.4. The lowest BCUT2D eigenvalue weighted by atomic mass is 10.0. The molecule has 1 saturated carbocycles. The minimum absolute atomic E-state index is 0.0343. The molecule has 1 N–H and O–H groups in total. The molecule has 0 spiro atoms. The van der Waals surface area contributed by atoms with E-state index >= 15 is 0 Å². The van der Waals surface area contributed by atoms with Crippen LogP contribution in [0.4, 0.5) is 4.79 Å². The van der Waals surface area contributed by atoms with Gasteiger partial charge in [0, 0.05) is 30.6 Å². The van der Waals surface area contributed by atoms with Gasteiger partial charge in [0.1, 0.15) is 24.7 Å². The third kappa shape index (κ3) is 5.35. The third-order valence-corrected chi connectivity index (χ3v) is 6.98. The second kappa shape index (κ2) is 10.3. The second-order valence-electron chi connectivity index (χ2n) is 8.30. The Balaban J connectivity index is 1.48. The Morgan fingerprint density at radius 1 is 1.25 bits per heavy atom. The van der Waals surface area contributed by atoms with Gasteiger partial charge in [0.2, 0.25) is 5.91 Å². The normalized spacial score (nSPS) is 17.4. The van der Waals surface area contributed by atoms with Crippen molar-refractivity contribution in [1.29, 1.82) is 0 Å². The van der Waals surface area contributed by atoms with Crippen molar-refractivity contribution in [2.24, 2.45) is 5.92 Å². The number of urea groups is 1. The zero-order valence-electron chi connectivity index (χ0n) is 18.7. The molecule has 1 atom stereocenters. The Morgan fingerprint density at radius 3 is 2.81 bits per heavy atom. The fourth-order valence-electron chi connectivity index (χ4n) is 4.09. The van der Waals surface area contributed by atoms with E-state index in [0.29, 0.717) is 37.9 Å². The molecule has 3 amide bonds. The van der Waals surface area contributed by atoms with E-state index < -0.39 is 0 Å². The van der Waals surface area contributed by atoms with Gasteiger partial charge in [0.05, 0.1) is 13.2 Å². The van der Waals surface area contributed by atoms with Crippen molar-refractivity contribution in [3.63, 3.8) is 0 Å². The molecule has 172 valence electrons. The topological polar surface area (TPSA) is 71.1 Å². The van der Waals surface area contributed by atoms with Crippen LogP contribution in [0.1, 0.15) is 36.2 Å². The van der Waals surface area contributed by atoms with Crippen molar-refractivity contribution in [1.82, 2.24) is 15.1 Å². The van der Waals surface area contributed by atoms with Crippen LogP contribution in [-0.4, -0.2) is 61.6 Å². The molecule has 2 heterocycles. The number of benzene rings is 1. The number of rotatable bonds is 9. The first-order valence-electron chi connectivity index (χ1n) is 11.2. The first-order valence-corrected chi connectivity index (χ1v) is 12.1. The average Bonchev–Trinajstić information content (AvgIpc) is 3.49. The molecule has 1 aliphatic heterocycles. The van der Waals surface area contributed by atoms with Crippen LogP contribution in [0.3, 0.4) is 0 Å². The zero-order valence-corrected chi connectivity index (χ0v) is 19.5. The SMILES string of the molecule is CCNC(=O)N(CC(=O)N1CCc2sccc2C1COc1cccc(OC)c1)CC1CC1. The Labute approximate surface area is 193 Å². The number of amides is 3. The van der Waals surface area contributed by atoms with E-state index in [0.717, 1.165) is 30.6 Å². The predicted octanol–water partition coefficient (Wildman–Crippen LogP) is 3.70. The van der Waals surface area contributed by atoms with Crippen molar-refractivity contribution in [3.8, 4) is 11.5 Å². The van der Waals surface area contributed by atoms with Crippen molar-refractivity contribution >= 4 is 23.3 Å². The van der Waals surface area contributed by atoms with E-state index in [1.54, 1.807) is 23.3 Å². The number of ether oxygens (including phenoxy) is 2. The molecule has 32 heavy (non-hydrogen) atoms. The first-order chi connectivity index (χ1) is 15.6. The number of nitrogens with zero attached hydrogens (tertiary/aromatic N) is 2. The molecule has 1 aliphatic carbocycles. The van der Waals surface area contributed by atoms with Gasteiger partial charge in [-0.1, -0.05) is 6.07 Å². The van der Waals surface area contributed by atoms with Gasteiger partial charge in [-0.2, -0.15) is 0 Å². The average molecular weight is 458 g/mol. The van der Waals surface area contributed by atoms with E-state index in [2.05, 4.69) is 16.8 Å². The van der Waals surface area contributed by atoms with Crippen LogP contribution in [0.15, 0.2) is 35.7 Å². The third-order valence-electron chi connectivity index (χ3n) is 5.98. The molecule has 8 heteroatoms. The Hall–Kier alpha value is -2.74. The standard InChI is InChI=1S/C24H31N3O4S/c1-3-25-24(29)26(14-17-7-8-17)15-23(28)27-11-9-22-20(10-12-32-22)21(27)16-31-19-6-4-5-18(13-19)30-2/h4-6,10,12-13,17,21H,3,7-9,11,14-16H2,1-2H3,(H,25,29). The van der Waals surface area contributed by atoms with Crippen LogP contribution in [0, 0.1) is 5.92 Å². The monoisotopic (exact) mass is 457 g/mol. The van der Waals surface area contributed by atoms with Gasteiger partial charge in [-0.15, -0.1) is 11.3 Å². The van der Waals surface area contributed by atoms with Crippen LogP contribution in [0.25, 0.3) is 0 Å². The fraction of sp³-hybridized carbons (Fsp3) is 0.500. The molecule has 2 aliphatic rings. The molecule has 2 aromatic rings. The number of carbonyl (C=O) groups is 2. The van der Waals surface area contributed by atoms with E-state index in [4.69, 9.17) is 9.47 Å².